The van der Waals surface area contributed by atoms with E-state index in [9.17, 15) is 4.79 Å². The van der Waals surface area contributed by atoms with Gasteiger partial charge in [0.2, 0.25) is 0 Å². The summed E-state index contributed by atoms with van der Waals surface area (Å²) >= 11 is 6.73. The van der Waals surface area contributed by atoms with Crippen LogP contribution in [0.1, 0.15) is 5.56 Å². The van der Waals surface area contributed by atoms with Crippen molar-refractivity contribution < 1.29 is 9.90 Å². The molecule has 1 rings (SSSR count). The predicted molar refractivity (Wildman–Crippen MR) is 55.0 cm³/mol. The summed E-state index contributed by atoms with van der Waals surface area (Å²) in [7, 11) is 0. The molecule has 2 nitrogen and oxygen atoms in total. The van der Waals surface area contributed by atoms with E-state index in [1.165, 1.54) is 11.8 Å². The van der Waals surface area contributed by atoms with Crippen molar-refractivity contribution in [1.29, 1.82) is 0 Å². The van der Waals surface area contributed by atoms with Gasteiger partial charge in [-0.1, -0.05) is 41.9 Å². The van der Waals surface area contributed by atoms with Crippen LogP contribution in [0.2, 0.25) is 0 Å². The lowest BCUT2D eigenvalue weighted by atomic mass is 10.2. The van der Waals surface area contributed by atoms with E-state index in [2.05, 4.69) is 0 Å². The minimum Gasteiger partial charge on any atom is -0.480 e. The number of carboxylic acid groups (broad SMARTS) is 1. The molecule has 1 atom stereocenters. The first-order valence-electron chi connectivity index (χ1n) is 3.72. The quantitative estimate of drug-likeness (QED) is 0.787. The van der Waals surface area contributed by atoms with E-state index in [1.54, 1.807) is 0 Å². The smallest absolute Gasteiger partial charge is 0.331 e. The van der Waals surface area contributed by atoms with Crippen molar-refractivity contribution in [3.63, 3.8) is 0 Å². The van der Waals surface area contributed by atoms with Gasteiger partial charge in [-0.25, -0.2) is 4.79 Å². The fourth-order valence-electron chi connectivity index (χ4n) is 0.815. The Morgan fingerprint density at radius 3 is 2.62 bits per heavy atom. The standard InChI is InChI=1S/C9H9ClO2S/c10-8(9(11)12)13-6-7-4-2-1-3-5-7/h1-5,8H,6H2,(H,11,12). The summed E-state index contributed by atoms with van der Waals surface area (Å²) < 4.78 is -0.861. The highest BCUT2D eigenvalue weighted by molar-refractivity contribution is 8.01. The summed E-state index contributed by atoms with van der Waals surface area (Å²) in [6, 6.07) is 9.64. The highest BCUT2D eigenvalue weighted by Crippen LogP contribution is 2.20. The average Bonchev–Trinajstić information content (AvgIpc) is 2.15. The van der Waals surface area contributed by atoms with E-state index in [1.807, 2.05) is 30.3 Å². The number of aliphatic carboxylic acids is 1. The van der Waals surface area contributed by atoms with Crippen molar-refractivity contribution in [2.45, 2.75) is 10.5 Å². The van der Waals surface area contributed by atoms with Crippen molar-refractivity contribution in [1.82, 2.24) is 0 Å². The van der Waals surface area contributed by atoms with Crippen molar-refractivity contribution in [2.24, 2.45) is 0 Å². The molecule has 70 valence electrons. The van der Waals surface area contributed by atoms with Crippen molar-refractivity contribution in [2.75, 3.05) is 0 Å². The molecule has 0 saturated heterocycles. The van der Waals surface area contributed by atoms with Gasteiger partial charge >= 0.3 is 5.97 Å². The van der Waals surface area contributed by atoms with Crippen LogP contribution in [0.3, 0.4) is 0 Å². The number of carboxylic acids is 1. The first-order valence-corrected chi connectivity index (χ1v) is 5.21. The number of hydrogen-bond acceptors (Lipinski definition) is 2. The molecule has 4 heteroatoms. The zero-order valence-electron chi connectivity index (χ0n) is 6.81. The summed E-state index contributed by atoms with van der Waals surface area (Å²) in [5.41, 5.74) is 1.08. The molecule has 13 heavy (non-hydrogen) atoms. The molecular formula is C9H9ClO2S. The second-order valence-corrected chi connectivity index (χ2v) is 4.24. The number of halogens is 1. The third-order valence-electron chi connectivity index (χ3n) is 1.43. The highest BCUT2D eigenvalue weighted by atomic mass is 35.5. The Morgan fingerprint density at radius 1 is 1.46 bits per heavy atom. The van der Waals surface area contributed by atoms with Crippen LogP contribution in [0.5, 0.6) is 0 Å². The molecule has 1 aromatic carbocycles. The summed E-state index contributed by atoms with van der Waals surface area (Å²) in [5.74, 6) is -0.357. The predicted octanol–water partition coefficient (Wildman–Crippen LogP) is 2.57. The Kier molecular flexibility index (Phi) is 4.12. The van der Waals surface area contributed by atoms with E-state index in [0.717, 1.165) is 5.56 Å². The lowest BCUT2D eigenvalue weighted by Crippen LogP contribution is -2.08. The summed E-state index contributed by atoms with van der Waals surface area (Å²) in [4.78, 5) is 10.4. The van der Waals surface area contributed by atoms with Crippen LogP contribution in [0.4, 0.5) is 0 Å². The van der Waals surface area contributed by atoms with E-state index >= 15 is 0 Å². The first-order chi connectivity index (χ1) is 6.20. The summed E-state index contributed by atoms with van der Waals surface area (Å²) in [6.45, 7) is 0. The molecule has 0 aliphatic carbocycles. The van der Waals surface area contributed by atoms with Crippen LogP contribution in [0, 0.1) is 0 Å². The van der Waals surface area contributed by atoms with Crippen molar-refractivity contribution in [3.05, 3.63) is 35.9 Å². The first kappa shape index (κ1) is 10.4. The number of carbonyl (C=O) groups is 1. The third kappa shape index (κ3) is 3.70. The highest BCUT2D eigenvalue weighted by Gasteiger charge is 2.13. The van der Waals surface area contributed by atoms with Gasteiger partial charge in [-0.2, -0.15) is 0 Å². The van der Waals surface area contributed by atoms with Crippen molar-refractivity contribution in [3.8, 4) is 0 Å². The van der Waals surface area contributed by atoms with Gasteiger partial charge in [0.15, 0.2) is 4.71 Å². The maximum Gasteiger partial charge on any atom is 0.331 e. The number of hydrogen-bond donors (Lipinski definition) is 1. The normalized spacial score (nSPS) is 12.4. The van der Waals surface area contributed by atoms with Crippen LogP contribution in [-0.2, 0) is 10.5 Å². The molecule has 0 spiro atoms. The van der Waals surface area contributed by atoms with E-state index in [4.69, 9.17) is 16.7 Å². The zero-order chi connectivity index (χ0) is 9.68. The van der Waals surface area contributed by atoms with Crippen LogP contribution in [0.15, 0.2) is 30.3 Å². The second-order valence-electron chi connectivity index (χ2n) is 2.45. The number of alkyl halides is 1. The molecule has 0 amide bonds. The van der Waals surface area contributed by atoms with Crippen LogP contribution >= 0.6 is 23.4 Å². The molecule has 0 heterocycles. The van der Waals surface area contributed by atoms with Crippen LogP contribution in [0.25, 0.3) is 0 Å². The third-order valence-corrected chi connectivity index (χ3v) is 2.99. The minimum absolute atomic E-state index is 0.626. The van der Waals surface area contributed by atoms with Crippen molar-refractivity contribution >= 4 is 29.3 Å². The fourth-order valence-corrected chi connectivity index (χ4v) is 1.68. The lowest BCUT2D eigenvalue weighted by molar-refractivity contribution is -0.134. The molecule has 0 aliphatic rings. The SMILES string of the molecule is O=C(O)C(Cl)SCc1ccccc1. The van der Waals surface area contributed by atoms with Gasteiger partial charge in [-0.15, -0.1) is 11.8 Å². The largest absolute Gasteiger partial charge is 0.480 e. The van der Waals surface area contributed by atoms with Gasteiger partial charge < -0.3 is 5.11 Å². The maximum atomic E-state index is 10.4. The fraction of sp³-hybridized carbons (Fsp3) is 0.222. The molecule has 1 aromatic rings. The van der Waals surface area contributed by atoms with Crippen LogP contribution in [-0.4, -0.2) is 15.8 Å². The van der Waals surface area contributed by atoms with Gasteiger partial charge in [-0.3, -0.25) is 0 Å². The summed E-state index contributed by atoms with van der Waals surface area (Å²) in [5, 5.41) is 8.51. The topological polar surface area (TPSA) is 37.3 Å². The van der Waals surface area contributed by atoms with Gasteiger partial charge in [0, 0.05) is 5.75 Å². The van der Waals surface area contributed by atoms with Gasteiger partial charge in [0.25, 0.3) is 0 Å². The molecule has 0 saturated carbocycles. The lowest BCUT2D eigenvalue weighted by Gasteiger charge is -2.03. The molecule has 0 aliphatic heterocycles. The van der Waals surface area contributed by atoms with Crippen LogP contribution < -0.4 is 0 Å². The Hall–Kier alpha value is -0.670. The molecule has 0 aromatic heterocycles. The van der Waals surface area contributed by atoms with E-state index < -0.39 is 10.7 Å². The monoisotopic (exact) mass is 216 g/mol. The molecule has 1 unspecified atom stereocenters. The zero-order valence-corrected chi connectivity index (χ0v) is 8.39. The molecule has 0 bridgehead atoms. The molecule has 0 radical (unpaired) electrons. The van der Waals surface area contributed by atoms with E-state index in [-0.39, 0.29) is 0 Å². The average molecular weight is 217 g/mol. The Morgan fingerprint density at radius 2 is 2.08 bits per heavy atom. The van der Waals surface area contributed by atoms with Gasteiger partial charge in [0.05, 0.1) is 0 Å². The second kappa shape index (κ2) is 5.14. The maximum absolute atomic E-state index is 10.4. The molecule has 0 fully saturated rings. The summed E-state index contributed by atoms with van der Waals surface area (Å²) in [6.07, 6.45) is 0. The Balaban J connectivity index is 2.39. The molecular weight excluding hydrogens is 208 g/mol. The number of thioether (sulfide) groups is 1. The minimum atomic E-state index is -0.984. The van der Waals surface area contributed by atoms with Gasteiger partial charge in [0.1, 0.15) is 0 Å². The molecule has 1 N–H and O–H groups in total. The number of rotatable bonds is 4. The van der Waals surface area contributed by atoms with E-state index in [0.29, 0.717) is 5.75 Å². The Labute approximate surface area is 85.9 Å². The Bertz CT molecular complexity index is 276. The number of benzene rings is 1. The van der Waals surface area contributed by atoms with Gasteiger partial charge in [-0.05, 0) is 5.56 Å².